The van der Waals surface area contributed by atoms with Gasteiger partial charge in [0.05, 0.1) is 24.0 Å². The van der Waals surface area contributed by atoms with Crippen molar-refractivity contribution in [2.75, 3.05) is 11.5 Å². The van der Waals surface area contributed by atoms with Crippen LogP contribution in [0.3, 0.4) is 0 Å². The number of carbonyl (C=O) groups is 1. The molecular weight excluding hydrogens is 451 g/mol. The summed E-state index contributed by atoms with van der Waals surface area (Å²) in [6.07, 6.45) is 0.170. The lowest BCUT2D eigenvalue weighted by Gasteiger charge is -2.24. The van der Waals surface area contributed by atoms with Gasteiger partial charge in [-0.05, 0) is 35.4 Å². The minimum Gasteiger partial charge on any atom is -0.342 e. The number of nitrogens with zero attached hydrogens (tertiary/aromatic N) is 2. The van der Waals surface area contributed by atoms with Crippen LogP contribution < -0.4 is 0 Å². The lowest BCUT2D eigenvalue weighted by molar-refractivity contribution is -0.117. The molecule has 2 aromatic carbocycles. The highest BCUT2D eigenvalue weighted by atomic mass is 35.5. The van der Waals surface area contributed by atoms with Crippen molar-refractivity contribution < 1.29 is 13.2 Å². The number of aliphatic imine (C=N–C) groups is 1. The van der Waals surface area contributed by atoms with Gasteiger partial charge in [0, 0.05) is 21.8 Å². The van der Waals surface area contributed by atoms with Crippen LogP contribution in [0.5, 0.6) is 0 Å². The third-order valence-electron chi connectivity index (χ3n) is 4.93. The maximum atomic E-state index is 12.5. The maximum Gasteiger partial charge on any atom is 0.252 e. The number of carbonyl (C=O) groups excluding carboxylic acids is 1. The standard InChI is InChI=1S/C20H18Cl2N2O3S2/c21-15-5-1-13(2-6-15)9-19(25)23-20-24(10-14-3-7-16(22)8-4-14)17-11-29(26,27)12-18(17)28-20/h1-8,17-18H,9-12H2. The van der Waals surface area contributed by atoms with E-state index in [1.165, 1.54) is 11.8 Å². The highest BCUT2D eigenvalue weighted by molar-refractivity contribution is 8.15. The number of amides is 1. The van der Waals surface area contributed by atoms with Crippen molar-refractivity contribution >= 4 is 55.9 Å². The van der Waals surface area contributed by atoms with Gasteiger partial charge >= 0.3 is 0 Å². The number of fused-ring (bicyclic) bond motifs is 1. The molecule has 2 unspecified atom stereocenters. The lowest BCUT2D eigenvalue weighted by atomic mass is 10.1. The Labute approximate surface area is 184 Å². The first-order chi connectivity index (χ1) is 13.8. The van der Waals surface area contributed by atoms with Crippen LogP contribution in [0.25, 0.3) is 0 Å². The van der Waals surface area contributed by atoms with E-state index in [-0.39, 0.29) is 35.1 Å². The van der Waals surface area contributed by atoms with Crippen LogP contribution in [-0.2, 0) is 27.6 Å². The Morgan fingerprint density at radius 3 is 2.21 bits per heavy atom. The second-order valence-corrected chi connectivity index (χ2v) is 11.4. The van der Waals surface area contributed by atoms with Gasteiger partial charge in [-0.15, -0.1) is 0 Å². The molecule has 1 amide bonds. The molecule has 0 saturated carbocycles. The Bertz CT molecular complexity index is 1050. The minimum absolute atomic E-state index is 0.0860. The Hall–Kier alpha value is -1.54. The quantitative estimate of drug-likeness (QED) is 0.681. The molecule has 29 heavy (non-hydrogen) atoms. The van der Waals surface area contributed by atoms with Crippen molar-refractivity contribution in [2.45, 2.75) is 24.3 Å². The van der Waals surface area contributed by atoms with E-state index in [0.717, 1.165) is 11.1 Å². The first kappa shape index (κ1) is 20.7. The summed E-state index contributed by atoms with van der Waals surface area (Å²) in [7, 11) is -3.08. The molecule has 0 N–H and O–H groups in total. The van der Waals surface area contributed by atoms with Crippen LogP contribution in [0, 0.1) is 0 Å². The number of amidine groups is 1. The van der Waals surface area contributed by atoms with Gasteiger partial charge in [0.2, 0.25) is 0 Å². The molecule has 4 rings (SSSR count). The maximum absolute atomic E-state index is 12.5. The van der Waals surface area contributed by atoms with E-state index in [1.807, 2.05) is 17.0 Å². The van der Waals surface area contributed by atoms with E-state index in [9.17, 15) is 13.2 Å². The van der Waals surface area contributed by atoms with Crippen molar-refractivity contribution in [3.05, 3.63) is 69.7 Å². The average molecular weight is 469 g/mol. The smallest absolute Gasteiger partial charge is 0.252 e. The summed E-state index contributed by atoms with van der Waals surface area (Å²) < 4.78 is 24.2. The zero-order valence-corrected chi connectivity index (χ0v) is 18.4. The fourth-order valence-corrected chi connectivity index (χ4v) is 7.75. The molecule has 9 heteroatoms. The number of halogens is 2. The van der Waals surface area contributed by atoms with Gasteiger partial charge in [0.1, 0.15) is 0 Å². The third-order valence-corrected chi connectivity index (χ3v) is 8.68. The molecule has 0 aromatic heterocycles. The molecule has 2 heterocycles. The molecule has 2 aliphatic rings. The van der Waals surface area contributed by atoms with Crippen LogP contribution >= 0.6 is 35.0 Å². The number of sulfone groups is 1. The Morgan fingerprint density at radius 2 is 1.59 bits per heavy atom. The van der Waals surface area contributed by atoms with Crippen molar-refractivity contribution in [1.82, 2.24) is 4.90 Å². The van der Waals surface area contributed by atoms with Crippen LogP contribution in [0.1, 0.15) is 11.1 Å². The normalized spacial score (nSPS) is 24.1. The highest BCUT2D eigenvalue weighted by Gasteiger charge is 2.48. The largest absolute Gasteiger partial charge is 0.342 e. The fourth-order valence-electron chi connectivity index (χ4n) is 3.53. The molecule has 2 fully saturated rings. The second kappa shape index (κ2) is 8.30. The minimum atomic E-state index is -3.08. The van der Waals surface area contributed by atoms with Gasteiger partial charge < -0.3 is 4.90 Å². The van der Waals surface area contributed by atoms with Crippen LogP contribution in [0.4, 0.5) is 0 Å². The van der Waals surface area contributed by atoms with E-state index in [1.54, 1.807) is 36.4 Å². The molecule has 5 nitrogen and oxygen atoms in total. The molecule has 0 spiro atoms. The predicted octanol–water partition coefficient (Wildman–Crippen LogP) is 3.83. The Kier molecular flexibility index (Phi) is 5.93. The van der Waals surface area contributed by atoms with Crippen molar-refractivity contribution in [3.63, 3.8) is 0 Å². The summed E-state index contributed by atoms with van der Waals surface area (Å²) in [6, 6.07) is 14.3. The first-order valence-electron chi connectivity index (χ1n) is 9.03. The van der Waals surface area contributed by atoms with E-state index in [4.69, 9.17) is 23.2 Å². The summed E-state index contributed by atoms with van der Waals surface area (Å²) in [5, 5.41) is 1.73. The highest BCUT2D eigenvalue weighted by Crippen LogP contribution is 2.39. The molecule has 2 aliphatic heterocycles. The Balaban J connectivity index is 1.56. The van der Waals surface area contributed by atoms with Gasteiger partial charge in [-0.3, -0.25) is 4.79 Å². The molecule has 0 aliphatic carbocycles. The van der Waals surface area contributed by atoms with Gasteiger partial charge in [-0.1, -0.05) is 59.2 Å². The van der Waals surface area contributed by atoms with E-state index >= 15 is 0 Å². The molecular formula is C20H18Cl2N2O3S2. The summed E-state index contributed by atoms with van der Waals surface area (Å²) in [4.78, 5) is 18.8. The van der Waals surface area contributed by atoms with Crippen molar-refractivity contribution in [3.8, 4) is 0 Å². The van der Waals surface area contributed by atoms with E-state index in [2.05, 4.69) is 4.99 Å². The van der Waals surface area contributed by atoms with Crippen LogP contribution in [-0.4, -0.2) is 47.2 Å². The monoisotopic (exact) mass is 468 g/mol. The number of thioether (sulfide) groups is 1. The van der Waals surface area contributed by atoms with Gasteiger partial charge in [0.25, 0.3) is 5.91 Å². The average Bonchev–Trinajstić information content (AvgIpc) is 3.11. The number of benzene rings is 2. The molecule has 2 saturated heterocycles. The summed E-state index contributed by atoms with van der Waals surface area (Å²) in [6.45, 7) is 0.480. The first-order valence-corrected chi connectivity index (χ1v) is 12.5. The van der Waals surface area contributed by atoms with Crippen molar-refractivity contribution in [1.29, 1.82) is 0 Å². The number of hydrogen-bond donors (Lipinski definition) is 0. The molecule has 0 bridgehead atoms. The zero-order chi connectivity index (χ0) is 20.6. The van der Waals surface area contributed by atoms with Crippen LogP contribution in [0.2, 0.25) is 10.0 Å². The number of hydrogen-bond acceptors (Lipinski definition) is 4. The zero-order valence-electron chi connectivity index (χ0n) is 15.3. The third kappa shape index (κ3) is 4.97. The second-order valence-electron chi connectivity index (χ2n) is 7.15. The summed E-state index contributed by atoms with van der Waals surface area (Å²) >= 11 is 13.2. The molecule has 2 aromatic rings. The Morgan fingerprint density at radius 1 is 1.00 bits per heavy atom. The van der Waals surface area contributed by atoms with Crippen molar-refractivity contribution in [2.24, 2.45) is 4.99 Å². The number of rotatable bonds is 4. The van der Waals surface area contributed by atoms with Crippen LogP contribution in [0.15, 0.2) is 53.5 Å². The van der Waals surface area contributed by atoms with Gasteiger partial charge in [0.15, 0.2) is 15.0 Å². The SMILES string of the molecule is O=C(Cc1ccc(Cl)cc1)N=C1SC2CS(=O)(=O)CC2N1Cc1ccc(Cl)cc1. The summed E-state index contributed by atoms with van der Waals surface area (Å²) in [5.74, 6) is -0.0641. The van der Waals surface area contributed by atoms with E-state index < -0.39 is 9.84 Å². The predicted molar refractivity (Wildman–Crippen MR) is 118 cm³/mol. The fraction of sp³-hybridized carbons (Fsp3) is 0.300. The van der Waals surface area contributed by atoms with E-state index in [0.29, 0.717) is 21.8 Å². The molecule has 152 valence electrons. The topological polar surface area (TPSA) is 66.8 Å². The van der Waals surface area contributed by atoms with Gasteiger partial charge in [-0.2, -0.15) is 4.99 Å². The molecule has 2 atom stereocenters. The van der Waals surface area contributed by atoms with Gasteiger partial charge in [-0.25, -0.2) is 8.42 Å². The summed E-state index contributed by atoms with van der Waals surface area (Å²) in [5.41, 5.74) is 1.82. The molecule has 0 radical (unpaired) electrons. The lowest BCUT2D eigenvalue weighted by Crippen LogP contribution is -2.37.